The maximum absolute atomic E-state index is 12.9. The topological polar surface area (TPSA) is 3.24 Å². The van der Waals surface area contributed by atoms with E-state index in [2.05, 4.69) is 16.7 Å². The Morgan fingerprint density at radius 3 is 2.47 bits per heavy atom. The number of halogens is 1. The molecule has 0 amide bonds. The van der Waals surface area contributed by atoms with Gasteiger partial charge in [0.2, 0.25) is 0 Å². The fourth-order valence-corrected chi connectivity index (χ4v) is 4.54. The predicted molar refractivity (Wildman–Crippen MR) is 80.1 cm³/mol. The highest BCUT2D eigenvalue weighted by Crippen LogP contribution is 2.28. The maximum atomic E-state index is 12.9. The van der Waals surface area contributed by atoms with Gasteiger partial charge in [-0.3, -0.25) is 4.90 Å². The first kappa shape index (κ1) is 13.4. The van der Waals surface area contributed by atoms with Crippen LogP contribution < -0.4 is 0 Å². The van der Waals surface area contributed by atoms with Crippen LogP contribution in [0, 0.1) is 11.7 Å². The van der Waals surface area contributed by atoms with Crippen molar-refractivity contribution in [2.75, 3.05) is 24.6 Å². The van der Waals surface area contributed by atoms with E-state index < -0.39 is 0 Å². The van der Waals surface area contributed by atoms with Gasteiger partial charge in [-0.25, -0.2) is 4.39 Å². The van der Waals surface area contributed by atoms with E-state index in [0.29, 0.717) is 0 Å². The van der Waals surface area contributed by atoms with Gasteiger partial charge in [-0.05, 0) is 68.1 Å². The molecule has 2 heterocycles. The molecular formula is C16H22FNS. The monoisotopic (exact) mass is 279 g/mol. The van der Waals surface area contributed by atoms with Crippen LogP contribution in [0.5, 0.6) is 0 Å². The van der Waals surface area contributed by atoms with Crippen molar-refractivity contribution >= 4 is 11.8 Å². The van der Waals surface area contributed by atoms with Gasteiger partial charge in [0.25, 0.3) is 0 Å². The van der Waals surface area contributed by atoms with E-state index in [1.165, 1.54) is 49.4 Å². The molecule has 0 aliphatic carbocycles. The number of hydrogen-bond acceptors (Lipinski definition) is 2. The van der Waals surface area contributed by atoms with Crippen LogP contribution in [-0.4, -0.2) is 35.5 Å². The molecule has 2 aliphatic heterocycles. The van der Waals surface area contributed by atoms with Gasteiger partial charge in [-0.15, -0.1) is 0 Å². The van der Waals surface area contributed by atoms with Crippen molar-refractivity contribution in [3.8, 4) is 0 Å². The molecule has 0 aromatic heterocycles. The molecule has 0 N–H and O–H groups in total. The first-order chi connectivity index (χ1) is 9.31. The molecule has 2 fully saturated rings. The van der Waals surface area contributed by atoms with Gasteiger partial charge in [0.05, 0.1) is 0 Å². The van der Waals surface area contributed by atoms with Crippen molar-refractivity contribution in [2.24, 2.45) is 5.92 Å². The number of hydrogen-bond donors (Lipinski definition) is 0. The van der Waals surface area contributed by atoms with Crippen LogP contribution in [0.2, 0.25) is 0 Å². The zero-order valence-corrected chi connectivity index (χ0v) is 12.2. The Kier molecular flexibility index (Phi) is 4.44. The second kappa shape index (κ2) is 6.27. The molecular weight excluding hydrogens is 257 g/mol. The van der Waals surface area contributed by atoms with Crippen LogP contribution in [0.15, 0.2) is 24.3 Å². The van der Waals surface area contributed by atoms with E-state index in [9.17, 15) is 4.39 Å². The third kappa shape index (κ3) is 3.51. The third-order valence-electron chi connectivity index (χ3n) is 4.51. The van der Waals surface area contributed by atoms with E-state index >= 15 is 0 Å². The number of nitrogens with zero attached hydrogens (tertiary/aromatic N) is 1. The molecule has 0 radical (unpaired) electrons. The molecule has 104 valence electrons. The van der Waals surface area contributed by atoms with Crippen molar-refractivity contribution in [3.63, 3.8) is 0 Å². The molecule has 2 aliphatic rings. The average molecular weight is 279 g/mol. The highest BCUT2D eigenvalue weighted by Gasteiger charge is 2.27. The minimum atomic E-state index is -0.127. The number of benzene rings is 1. The van der Waals surface area contributed by atoms with E-state index in [-0.39, 0.29) is 5.82 Å². The van der Waals surface area contributed by atoms with E-state index in [1.807, 2.05) is 12.1 Å². The molecule has 3 heteroatoms. The highest BCUT2D eigenvalue weighted by molar-refractivity contribution is 7.99. The molecule has 0 spiro atoms. The van der Waals surface area contributed by atoms with E-state index in [0.717, 1.165) is 18.4 Å². The minimum absolute atomic E-state index is 0.127. The molecule has 1 aromatic rings. The average Bonchev–Trinajstić information content (AvgIpc) is 2.96. The Morgan fingerprint density at radius 2 is 1.84 bits per heavy atom. The SMILES string of the molecule is Fc1ccc(CC2CCN([C@H]3CCSC3)CC2)cc1. The smallest absolute Gasteiger partial charge is 0.123 e. The Labute approximate surface area is 119 Å². The van der Waals surface area contributed by atoms with Crippen molar-refractivity contribution in [1.29, 1.82) is 0 Å². The summed E-state index contributed by atoms with van der Waals surface area (Å²) in [5.74, 6) is 3.34. The molecule has 3 rings (SSSR count). The molecule has 19 heavy (non-hydrogen) atoms. The summed E-state index contributed by atoms with van der Waals surface area (Å²) in [4.78, 5) is 2.70. The van der Waals surface area contributed by atoms with Gasteiger partial charge in [-0.2, -0.15) is 11.8 Å². The van der Waals surface area contributed by atoms with Gasteiger partial charge in [0, 0.05) is 11.8 Å². The van der Waals surface area contributed by atoms with Crippen LogP contribution >= 0.6 is 11.8 Å². The van der Waals surface area contributed by atoms with Crippen molar-refractivity contribution in [1.82, 2.24) is 4.90 Å². The number of likely N-dealkylation sites (tertiary alicyclic amines) is 1. The zero-order valence-electron chi connectivity index (χ0n) is 11.4. The quantitative estimate of drug-likeness (QED) is 0.832. The molecule has 1 nitrogen and oxygen atoms in total. The van der Waals surface area contributed by atoms with E-state index in [1.54, 1.807) is 12.1 Å². The van der Waals surface area contributed by atoms with Crippen LogP contribution in [0.3, 0.4) is 0 Å². The first-order valence-corrected chi connectivity index (χ1v) is 8.53. The Balaban J connectivity index is 1.48. The molecule has 0 saturated carbocycles. The molecule has 2 saturated heterocycles. The third-order valence-corrected chi connectivity index (χ3v) is 5.65. The summed E-state index contributed by atoms with van der Waals surface area (Å²) in [7, 11) is 0. The summed E-state index contributed by atoms with van der Waals surface area (Å²) < 4.78 is 12.9. The summed E-state index contributed by atoms with van der Waals surface area (Å²) in [5, 5.41) is 0. The molecule has 0 bridgehead atoms. The van der Waals surface area contributed by atoms with Crippen molar-refractivity contribution in [3.05, 3.63) is 35.6 Å². The first-order valence-electron chi connectivity index (χ1n) is 7.37. The van der Waals surface area contributed by atoms with Gasteiger partial charge in [0.1, 0.15) is 5.82 Å². The lowest BCUT2D eigenvalue weighted by molar-refractivity contribution is 0.143. The Morgan fingerprint density at radius 1 is 1.11 bits per heavy atom. The maximum Gasteiger partial charge on any atom is 0.123 e. The zero-order chi connectivity index (χ0) is 13.1. The van der Waals surface area contributed by atoms with Gasteiger partial charge < -0.3 is 0 Å². The van der Waals surface area contributed by atoms with Gasteiger partial charge in [-0.1, -0.05) is 12.1 Å². The van der Waals surface area contributed by atoms with Crippen molar-refractivity contribution in [2.45, 2.75) is 31.7 Å². The number of rotatable bonds is 3. The van der Waals surface area contributed by atoms with Gasteiger partial charge in [0.15, 0.2) is 0 Å². The van der Waals surface area contributed by atoms with Crippen LogP contribution in [0.1, 0.15) is 24.8 Å². The van der Waals surface area contributed by atoms with Crippen LogP contribution in [-0.2, 0) is 6.42 Å². The second-order valence-corrected chi connectivity index (χ2v) is 6.98. The summed E-state index contributed by atoms with van der Waals surface area (Å²) in [6.45, 7) is 2.52. The summed E-state index contributed by atoms with van der Waals surface area (Å²) in [5.41, 5.74) is 1.29. The summed E-state index contributed by atoms with van der Waals surface area (Å²) >= 11 is 2.10. The highest BCUT2D eigenvalue weighted by atomic mass is 32.2. The Bertz CT molecular complexity index is 392. The fourth-order valence-electron chi connectivity index (χ4n) is 3.29. The summed E-state index contributed by atoms with van der Waals surface area (Å²) in [6.07, 6.45) is 5.11. The lowest BCUT2D eigenvalue weighted by Crippen LogP contribution is -2.41. The fraction of sp³-hybridized carbons (Fsp3) is 0.625. The molecule has 0 unspecified atom stereocenters. The van der Waals surface area contributed by atoms with E-state index in [4.69, 9.17) is 0 Å². The Hall–Kier alpha value is -0.540. The number of piperidine rings is 1. The standard InChI is InChI=1S/C16H22FNS/c17-15-3-1-13(2-4-15)11-14-5-8-18(9-6-14)16-7-10-19-12-16/h1-4,14,16H,5-12H2/t16-/m0/s1. The van der Waals surface area contributed by atoms with Crippen LogP contribution in [0.4, 0.5) is 4.39 Å². The summed E-state index contributed by atoms with van der Waals surface area (Å²) in [6, 6.07) is 7.89. The van der Waals surface area contributed by atoms with Crippen LogP contribution in [0.25, 0.3) is 0 Å². The molecule has 1 atom stereocenters. The molecule has 1 aromatic carbocycles. The normalized spacial score (nSPS) is 25.8. The lowest BCUT2D eigenvalue weighted by Gasteiger charge is -2.35. The lowest BCUT2D eigenvalue weighted by atomic mass is 9.89. The van der Waals surface area contributed by atoms with Gasteiger partial charge >= 0.3 is 0 Å². The largest absolute Gasteiger partial charge is 0.300 e. The number of thioether (sulfide) groups is 1. The second-order valence-electron chi connectivity index (χ2n) is 5.83. The minimum Gasteiger partial charge on any atom is -0.300 e. The van der Waals surface area contributed by atoms with Crippen molar-refractivity contribution < 1.29 is 4.39 Å². The predicted octanol–water partition coefficient (Wildman–Crippen LogP) is 3.59.